The molecule has 0 radical (unpaired) electrons. The van der Waals surface area contributed by atoms with Crippen molar-refractivity contribution in [1.82, 2.24) is 5.32 Å². The summed E-state index contributed by atoms with van der Waals surface area (Å²) >= 11 is 0. The monoisotopic (exact) mass is 436 g/mol. The molecule has 2 heterocycles. The van der Waals surface area contributed by atoms with Crippen LogP contribution in [0.3, 0.4) is 0 Å². The second-order valence-electron chi connectivity index (χ2n) is 8.41. The largest absolute Gasteiger partial charge is 0.481 e. The predicted molar refractivity (Wildman–Crippen MR) is 113 cm³/mol. The number of carbonyl (C=O) groups excluding carboxylic acids is 1. The van der Waals surface area contributed by atoms with E-state index in [0.717, 1.165) is 12.8 Å². The highest BCUT2D eigenvalue weighted by Gasteiger charge is 2.57. The summed E-state index contributed by atoms with van der Waals surface area (Å²) in [6.45, 7) is 8.21. The Hall–Kier alpha value is -2.20. The smallest absolute Gasteiger partial charge is 0.319 e. The number of ether oxygens (including phenoxy) is 4. The predicted octanol–water partition coefficient (Wildman–Crippen LogP) is 2.89. The van der Waals surface area contributed by atoms with Crippen LogP contribution in [0.5, 0.6) is 0 Å². The van der Waals surface area contributed by atoms with E-state index in [2.05, 4.69) is 17.6 Å². The Balaban J connectivity index is 1.57. The molecule has 2 aliphatic rings. The van der Waals surface area contributed by atoms with Gasteiger partial charge in [-0.15, -0.1) is 0 Å². The second-order valence-corrected chi connectivity index (χ2v) is 8.41. The third kappa shape index (κ3) is 6.16. The van der Waals surface area contributed by atoms with Gasteiger partial charge in [0, 0.05) is 12.3 Å². The van der Waals surface area contributed by atoms with Gasteiger partial charge < -0.3 is 34.7 Å². The lowest BCUT2D eigenvalue weighted by atomic mass is 10.1. The molecule has 9 nitrogen and oxygen atoms in total. The lowest BCUT2D eigenvalue weighted by Gasteiger charge is -2.27. The first-order valence-corrected chi connectivity index (χ1v) is 10.7. The second kappa shape index (κ2) is 9.95. The van der Waals surface area contributed by atoms with E-state index in [4.69, 9.17) is 24.1 Å². The minimum atomic E-state index is -0.902. The zero-order valence-corrected chi connectivity index (χ0v) is 18.4. The van der Waals surface area contributed by atoms with Crippen LogP contribution in [0.2, 0.25) is 0 Å². The Bertz CT molecular complexity index is 768. The third-order valence-corrected chi connectivity index (χ3v) is 5.25. The molecule has 0 aromatic heterocycles. The fourth-order valence-electron chi connectivity index (χ4n) is 3.81. The van der Waals surface area contributed by atoms with Gasteiger partial charge in [-0.2, -0.15) is 0 Å². The van der Waals surface area contributed by atoms with E-state index >= 15 is 0 Å². The molecule has 5 atom stereocenters. The number of carbonyl (C=O) groups is 2. The van der Waals surface area contributed by atoms with Gasteiger partial charge >= 0.3 is 12.0 Å². The fourth-order valence-corrected chi connectivity index (χ4v) is 3.81. The summed E-state index contributed by atoms with van der Waals surface area (Å²) in [5.41, 5.74) is 1.22. The third-order valence-electron chi connectivity index (χ3n) is 5.25. The molecule has 0 bridgehead atoms. The highest BCUT2D eigenvalue weighted by molar-refractivity contribution is 5.89. The van der Waals surface area contributed by atoms with Crippen molar-refractivity contribution >= 4 is 17.7 Å². The maximum Gasteiger partial charge on any atom is 0.319 e. The first-order chi connectivity index (χ1) is 14.7. The Morgan fingerprint density at radius 2 is 1.87 bits per heavy atom. The van der Waals surface area contributed by atoms with Crippen LogP contribution >= 0.6 is 0 Å². The zero-order valence-electron chi connectivity index (χ0n) is 18.4. The topological polar surface area (TPSA) is 115 Å². The molecule has 2 amide bonds. The summed E-state index contributed by atoms with van der Waals surface area (Å²) in [5.74, 6) is -1.65. The van der Waals surface area contributed by atoms with E-state index in [0.29, 0.717) is 17.9 Å². The number of carboxylic acid groups (broad SMARTS) is 1. The molecule has 9 heteroatoms. The number of nitrogens with one attached hydrogen (secondary N) is 2. The number of anilines is 1. The number of hydrogen-bond acceptors (Lipinski definition) is 6. The summed E-state index contributed by atoms with van der Waals surface area (Å²) < 4.78 is 24.0. The lowest BCUT2D eigenvalue weighted by Crippen LogP contribution is -2.48. The van der Waals surface area contributed by atoms with Crippen LogP contribution in [0.25, 0.3) is 0 Å². The molecule has 0 aliphatic carbocycles. The number of fused-ring (bicyclic) bond motifs is 1. The van der Waals surface area contributed by atoms with Crippen LogP contribution in [-0.2, 0) is 30.2 Å². The number of carboxylic acids is 1. The van der Waals surface area contributed by atoms with Gasteiger partial charge in [0.2, 0.25) is 0 Å². The number of hydrogen-bond donors (Lipinski definition) is 3. The van der Waals surface area contributed by atoms with Crippen molar-refractivity contribution in [3.63, 3.8) is 0 Å². The first-order valence-electron chi connectivity index (χ1n) is 10.7. The number of aliphatic carboxylic acids is 1. The van der Waals surface area contributed by atoms with E-state index < -0.39 is 30.2 Å². The molecule has 2 unspecified atom stereocenters. The Morgan fingerprint density at radius 1 is 1.19 bits per heavy atom. The van der Waals surface area contributed by atoms with Gasteiger partial charge in [-0.3, -0.25) is 4.79 Å². The van der Waals surface area contributed by atoms with Crippen molar-refractivity contribution in [2.45, 2.75) is 83.4 Å². The molecule has 3 rings (SSSR count). The summed E-state index contributed by atoms with van der Waals surface area (Å²) in [6, 6.07) is 5.91. The molecule has 1 aromatic rings. The molecule has 31 heavy (non-hydrogen) atoms. The van der Waals surface area contributed by atoms with Gasteiger partial charge in [0.15, 0.2) is 12.1 Å². The van der Waals surface area contributed by atoms with Crippen LogP contribution in [0.1, 0.15) is 46.1 Å². The van der Waals surface area contributed by atoms with Crippen molar-refractivity contribution in [1.29, 1.82) is 0 Å². The van der Waals surface area contributed by atoms with Gasteiger partial charge in [-0.1, -0.05) is 25.5 Å². The van der Waals surface area contributed by atoms with Crippen LogP contribution in [-0.4, -0.2) is 60.1 Å². The maximum atomic E-state index is 12.5. The van der Waals surface area contributed by atoms with Crippen LogP contribution in [0.15, 0.2) is 24.3 Å². The number of benzene rings is 1. The molecule has 0 saturated carbocycles. The summed E-state index contributed by atoms with van der Waals surface area (Å²) in [7, 11) is 0. The van der Waals surface area contributed by atoms with Crippen molar-refractivity contribution in [3.8, 4) is 0 Å². The molecule has 172 valence electrons. The van der Waals surface area contributed by atoms with Crippen molar-refractivity contribution < 1.29 is 33.6 Å². The van der Waals surface area contributed by atoms with E-state index in [1.165, 1.54) is 0 Å². The quantitative estimate of drug-likeness (QED) is 0.510. The Kier molecular flexibility index (Phi) is 7.53. The number of rotatable bonds is 9. The minimum absolute atomic E-state index is 0.0645. The molecule has 3 N–H and O–H groups in total. The average Bonchev–Trinajstić information content (AvgIpc) is 3.16. The van der Waals surface area contributed by atoms with Gasteiger partial charge in [-0.25, -0.2) is 4.79 Å². The van der Waals surface area contributed by atoms with Crippen LogP contribution < -0.4 is 10.6 Å². The summed E-state index contributed by atoms with van der Waals surface area (Å²) in [5, 5.41) is 14.5. The van der Waals surface area contributed by atoms with E-state index in [1.807, 2.05) is 20.8 Å². The van der Waals surface area contributed by atoms with Crippen molar-refractivity contribution in [3.05, 3.63) is 29.8 Å². The minimum Gasteiger partial charge on any atom is -0.481 e. The van der Waals surface area contributed by atoms with Gasteiger partial charge in [0.1, 0.15) is 18.3 Å². The van der Waals surface area contributed by atoms with E-state index in [9.17, 15) is 9.59 Å². The summed E-state index contributed by atoms with van der Waals surface area (Å²) in [4.78, 5) is 23.3. The van der Waals surface area contributed by atoms with Crippen molar-refractivity contribution in [2.24, 2.45) is 0 Å². The molecule has 0 spiro atoms. The number of urea groups is 1. The maximum absolute atomic E-state index is 12.5. The van der Waals surface area contributed by atoms with E-state index in [-0.39, 0.29) is 24.7 Å². The molecule has 2 saturated heterocycles. The molecule has 2 fully saturated rings. The standard InChI is InChI=1S/C22H32N2O7/c1-5-6-11-28-20-19-18(30-22(3,4)31-19)17(29-20)13(2)23-21(27)24-15-9-7-14(8-10-15)12-16(25)26/h7-10,13,17-20H,5-6,11-12H2,1-4H3,(H,25,26)(H2,23,24,27)/t13?,17?,18-,19-,20-/m0/s1. The van der Waals surface area contributed by atoms with Gasteiger partial charge in [-0.05, 0) is 44.9 Å². The molecular formula is C22H32N2O7. The van der Waals surface area contributed by atoms with Crippen LogP contribution in [0, 0.1) is 0 Å². The first kappa shape index (κ1) is 23.5. The molecular weight excluding hydrogens is 404 g/mol. The SMILES string of the molecule is CCCCO[C@H]1OC(C(C)NC(=O)Nc2ccc(CC(=O)O)cc2)[C@@H]2OC(C)(C)O[C@H]12. The molecule has 2 aliphatic heterocycles. The lowest BCUT2D eigenvalue weighted by molar-refractivity contribution is -0.235. The molecule has 1 aromatic carbocycles. The number of unbranched alkanes of at least 4 members (excludes halogenated alkanes) is 1. The Morgan fingerprint density at radius 3 is 2.52 bits per heavy atom. The number of amides is 2. The summed E-state index contributed by atoms with van der Waals surface area (Å²) in [6.07, 6.45) is 0.193. The van der Waals surface area contributed by atoms with Gasteiger partial charge in [0.05, 0.1) is 12.5 Å². The normalized spacial score (nSPS) is 27.5. The highest BCUT2D eigenvalue weighted by Crippen LogP contribution is 2.40. The highest BCUT2D eigenvalue weighted by atomic mass is 16.8. The Labute approximate surface area is 182 Å². The fraction of sp³-hybridized carbons (Fsp3) is 0.636. The van der Waals surface area contributed by atoms with Gasteiger partial charge in [0.25, 0.3) is 0 Å². The zero-order chi connectivity index (χ0) is 22.6. The van der Waals surface area contributed by atoms with Crippen molar-refractivity contribution in [2.75, 3.05) is 11.9 Å². The average molecular weight is 437 g/mol. The van der Waals surface area contributed by atoms with E-state index in [1.54, 1.807) is 24.3 Å². The van der Waals surface area contributed by atoms with Crippen LogP contribution in [0.4, 0.5) is 10.5 Å².